The van der Waals surface area contributed by atoms with Crippen molar-refractivity contribution in [2.45, 2.75) is 44.8 Å². The predicted octanol–water partition coefficient (Wildman–Crippen LogP) is 1.40. The summed E-state index contributed by atoms with van der Waals surface area (Å²) in [7, 11) is 0. The molecule has 4 heteroatoms. The second kappa shape index (κ2) is 5.85. The normalized spacial score (nSPS) is 22.6. The van der Waals surface area contributed by atoms with Crippen molar-refractivity contribution in [3.8, 4) is 12.3 Å². The molecular formula is C15H18N2O2. The van der Waals surface area contributed by atoms with Gasteiger partial charge in [0.05, 0.1) is 23.4 Å². The van der Waals surface area contributed by atoms with Gasteiger partial charge >= 0.3 is 0 Å². The zero-order valence-corrected chi connectivity index (χ0v) is 11.0. The number of aromatic nitrogens is 1. The minimum Gasteiger partial charge on any atom is -0.391 e. The first-order chi connectivity index (χ1) is 9.11. The molecule has 2 N–H and O–H groups in total. The molecule has 2 rings (SSSR count). The molecular weight excluding hydrogens is 240 g/mol. The Kier molecular flexibility index (Phi) is 4.18. The lowest BCUT2D eigenvalue weighted by Gasteiger charge is -2.28. The third-order valence-corrected chi connectivity index (χ3v) is 3.55. The molecule has 0 radical (unpaired) electrons. The number of hydrogen-bond acceptors (Lipinski definition) is 3. The highest BCUT2D eigenvalue weighted by Crippen LogP contribution is 2.19. The van der Waals surface area contributed by atoms with Crippen LogP contribution in [0, 0.1) is 19.3 Å². The largest absolute Gasteiger partial charge is 0.391 e. The van der Waals surface area contributed by atoms with Crippen molar-refractivity contribution in [1.82, 2.24) is 10.3 Å². The minimum atomic E-state index is -0.455. The van der Waals surface area contributed by atoms with E-state index in [0.717, 1.165) is 31.4 Å². The Labute approximate surface area is 113 Å². The molecule has 1 fully saturated rings. The van der Waals surface area contributed by atoms with Crippen LogP contribution in [0.15, 0.2) is 12.3 Å². The molecule has 0 aromatic carbocycles. The number of amides is 1. The maximum Gasteiger partial charge on any atom is 0.253 e. The fourth-order valence-electron chi connectivity index (χ4n) is 2.33. The lowest BCUT2D eigenvalue weighted by molar-refractivity contribution is 0.0717. The Balaban J connectivity index is 2.09. The van der Waals surface area contributed by atoms with Crippen LogP contribution in [-0.2, 0) is 0 Å². The summed E-state index contributed by atoms with van der Waals surface area (Å²) in [4.78, 5) is 16.2. The van der Waals surface area contributed by atoms with Gasteiger partial charge in [-0.1, -0.05) is 18.8 Å². The van der Waals surface area contributed by atoms with Gasteiger partial charge in [-0.25, -0.2) is 0 Å². The highest BCUT2D eigenvalue weighted by molar-refractivity contribution is 5.94. The van der Waals surface area contributed by atoms with E-state index < -0.39 is 6.10 Å². The van der Waals surface area contributed by atoms with Gasteiger partial charge in [0.25, 0.3) is 5.91 Å². The summed E-state index contributed by atoms with van der Waals surface area (Å²) >= 11 is 0. The number of carbonyl (C=O) groups is 1. The standard InChI is InChI=1S/C15H18N2O2/c1-3-11-8-12(9-16-10(11)2)15(19)17-13-6-4-5-7-14(13)18/h1,8-9,13-14,18H,4-7H2,2H3,(H,17,19)/t13-,14-/m0/s1. The minimum absolute atomic E-state index is 0.170. The maximum atomic E-state index is 12.1. The maximum absolute atomic E-state index is 12.1. The lowest BCUT2D eigenvalue weighted by Crippen LogP contribution is -2.45. The molecule has 0 bridgehead atoms. The third-order valence-electron chi connectivity index (χ3n) is 3.55. The molecule has 1 aliphatic carbocycles. The van der Waals surface area contributed by atoms with E-state index in [1.165, 1.54) is 6.20 Å². The van der Waals surface area contributed by atoms with Gasteiger partial charge in [-0.05, 0) is 25.8 Å². The quantitative estimate of drug-likeness (QED) is 0.788. The highest BCUT2D eigenvalue weighted by Gasteiger charge is 2.25. The van der Waals surface area contributed by atoms with Crippen molar-refractivity contribution in [3.05, 3.63) is 29.1 Å². The molecule has 1 aromatic rings. The van der Waals surface area contributed by atoms with Crippen molar-refractivity contribution < 1.29 is 9.90 Å². The van der Waals surface area contributed by atoms with E-state index in [9.17, 15) is 9.90 Å². The third kappa shape index (κ3) is 3.12. The number of aryl methyl sites for hydroxylation is 1. The average molecular weight is 258 g/mol. The second-order valence-electron chi connectivity index (χ2n) is 4.93. The first-order valence-electron chi connectivity index (χ1n) is 6.54. The molecule has 1 amide bonds. The van der Waals surface area contributed by atoms with Crippen LogP contribution in [0.5, 0.6) is 0 Å². The summed E-state index contributed by atoms with van der Waals surface area (Å²) in [5.41, 5.74) is 1.80. The summed E-state index contributed by atoms with van der Waals surface area (Å²) in [6, 6.07) is 1.49. The van der Waals surface area contributed by atoms with Gasteiger partial charge in [0.1, 0.15) is 0 Å². The first-order valence-corrected chi connectivity index (χ1v) is 6.54. The number of nitrogens with one attached hydrogen (secondary N) is 1. The van der Waals surface area contributed by atoms with Gasteiger partial charge < -0.3 is 10.4 Å². The second-order valence-corrected chi connectivity index (χ2v) is 4.93. The van der Waals surface area contributed by atoms with Crippen LogP contribution in [0.25, 0.3) is 0 Å². The van der Waals surface area contributed by atoms with Gasteiger partial charge in [-0.3, -0.25) is 9.78 Å². The Morgan fingerprint density at radius 3 is 2.95 bits per heavy atom. The zero-order chi connectivity index (χ0) is 13.8. The SMILES string of the molecule is C#Cc1cc(C(=O)N[C@H]2CCCC[C@@H]2O)cnc1C. The fourth-order valence-corrected chi connectivity index (χ4v) is 2.33. The van der Waals surface area contributed by atoms with Crippen LogP contribution in [0.4, 0.5) is 0 Å². The van der Waals surface area contributed by atoms with Crippen molar-refractivity contribution in [1.29, 1.82) is 0 Å². The Hall–Kier alpha value is -1.86. The number of hydrogen-bond donors (Lipinski definition) is 2. The van der Waals surface area contributed by atoms with Gasteiger partial charge in [-0.15, -0.1) is 6.42 Å². The Morgan fingerprint density at radius 2 is 2.26 bits per heavy atom. The number of rotatable bonds is 2. The molecule has 4 nitrogen and oxygen atoms in total. The van der Waals surface area contributed by atoms with Crippen LogP contribution in [0.3, 0.4) is 0 Å². The van der Waals surface area contributed by atoms with Crippen LogP contribution in [0.1, 0.15) is 47.3 Å². The van der Waals surface area contributed by atoms with Crippen LogP contribution in [0.2, 0.25) is 0 Å². The van der Waals surface area contributed by atoms with Gasteiger partial charge in [0.2, 0.25) is 0 Å². The molecule has 0 saturated heterocycles. The summed E-state index contributed by atoms with van der Waals surface area (Å²) in [5.74, 6) is 2.28. The Bertz CT molecular complexity index is 519. The van der Waals surface area contributed by atoms with Crippen molar-refractivity contribution in [2.24, 2.45) is 0 Å². The van der Waals surface area contributed by atoms with Crippen LogP contribution < -0.4 is 5.32 Å². The molecule has 1 aromatic heterocycles. The van der Waals surface area contributed by atoms with E-state index in [1.54, 1.807) is 6.07 Å². The van der Waals surface area contributed by atoms with E-state index in [4.69, 9.17) is 6.42 Å². The van der Waals surface area contributed by atoms with E-state index in [0.29, 0.717) is 11.1 Å². The Morgan fingerprint density at radius 1 is 1.53 bits per heavy atom. The van der Waals surface area contributed by atoms with Crippen molar-refractivity contribution in [3.63, 3.8) is 0 Å². The fraction of sp³-hybridized carbons (Fsp3) is 0.467. The summed E-state index contributed by atoms with van der Waals surface area (Å²) in [5, 5.41) is 12.7. The molecule has 1 heterocycles. The molecule has 100 valence electrons. The number of aliphatic hydroxyl groups is 1. The highest BCUT2D eigenvalue weighted by atomic mass is 16.3. The number of aliphatic hydroxyl groups excluding tert-OH is 1. The van der Waals surface area contributed by atoms with Crippen LogP contribution in [-0.4, -0.2) is 28.1 Å². The smallest absolute Gasteiger partial charge is 0.253 e. The summed E-state index contributed by atoms with van der Waals surface area (Å²) in [6.45, 7) is 1.81. The van der Waals surface area contributed by atoms with Crippen LogP contribution >= 0.6 is 0 Å². The number of carbonyl (C=O) groups excluding carboxylic acids is 1. The topological polar surface area (TPSA) is 62.2 Å². The summed E-state index contributed by atoms with van der Waals surface area (Å²) in [6.07, 6.45) is 10.0. The molecule has 0 spiro atoms. The molecule has 0 unspecified atom stereocenters. The zero-order valence-electron chi connectivity index (χ0n) is 11.0. The van der Waals surface area contributed by atoms with Gasteiger partial charge in [-0.2, -0.15) is 0 Å². The number of nitrogens with zero attached hydrogens (tertiary/aromatic N) is 1. The molecule has 19 heavy (non-hydrogen) atoms. The summed E-state index contributed by atoms with van der Waals surface area (Å²) < 4.78 is 0. The number of pyridine rings is 1. The monoisotopic (exact) mass is 258 g/mol. The van der Waals surface area contributed by atoms with Gasteiger partial charge in [0, 0.05) is 11.8 Å². The predicted molar refractivity (Wildman–Crippen MR) is 72.6 cm³/mol. The molecule has 1 aliphatic rings. The first kappa shape index (κ1) is 13.6. The van der Waals surface area contributed by atoms with Gasteiger partial charge in [0.15, 0.2) is 0 Å². The molecule has 0 aliphatic heterocycles. The lowest BCUT2D eigenvalue weighted by atomic mass is 9.92. The van der Waals surface area contributed by atoms with Crippen molar-refractivity contribution in [2.75, 3.05) is 0 Å². The molecule has 2 atom stereocenters. The van der Waals surface area contributed by atoms with E-state index in [1.807, 2.05) is 6.92 Å². The van der Waals surface area contributed by atoms with Crippen molar-refractivity contribution >= 4 is 5.91 Å². The van der Waals surface area contributed by atoms with E-state index in [2.05, 4.69) is 16.2 Å². The van der Waals surface area contributed by atoms with E-state index in [-0.39, 0.29) is 11.9 Å². The number of terminal acetylenes is 1. The molecule has 1 saturated carbocycles. The average Bonchev–Trinajstić information content (AvgIpc) is 2.42. The van der Waals surface area contributed by atoms with E-state index >= 15 is 0 Å².